The van der Waals surface area contributed by atoms with E-state index in [1.165, 1.54) is 12.1 Å². The molecule has 0 aliphatic heterocycles. The Morgan fingerprint density at radius 3 is 2.64 bits per heavy atom. The number of carbonyl (C=O) groups excluding carboxylic acids is 2. The van der Waals surface area contributed by atoms with Gasteiger partial charge in [-0.1, -0.05) is 31.4 Å². The number of halogens is 1. The van der Waals surface area contributed by atoms with Crippen molar-refractivity contribution in [3.05, 3.63) is 28.8 Å². The van der Waals surface area contributed by atoms with Gasteiger partial charge in [-0.15, -0.1) is 0 Å². The van der Waals surface area contributed by atoms with Crippen LogP contribution in [0.1, 0.15) is 43.0 Å². The minimum absolute atomic E-state index is 0.0127. The zero-order valence-electron chi connectivity index (χ0n) is 13.8. The molecule has 1 saturated carbocycles. The second-order valence-electron chi connectivity index (χ2n) is 6.20. The minimum Gasteiger partial charge on any atom is -0.452 e. The van der Waals surface area contributed by atoms with E-state index in [1.807, 2.05) is 0 Å². The van der Waals surface area contributed by atoms with Crippen molar-refractivity contribution in [3.8, 4) is 0 Å². The fraction of sp³-hybridized carbons (Fsp3) is 0.500. The molecule has 1 amide bonds. The number of carbonyl (C=O) groups is 2. The molecule has 0 saturated heterocycles. The van der Waals surface area contributed by atoms with Crippen LogP contribution in [-0.4, -0.2) is 32.9 Å². The third-order valence-corrected chi connectivity index (χ3v) is 5.52. The van der Waals surface area contributed by atoms with Crippen LogP contribution in [0.2, 0.25) is 5.02 Å². The molecule has 1 aliphatic carbocycles. The molecule has 7 nitrogen and oxygen atoms in total. The lowest BCUT2D eigenvalue weighted by molar-refractivity contribution is -0.125. The molecule has 3 N–H and O–H groups in total. The minimum atomic E-state index is -3.98. The Bertz CT molecular complexity index is 766. The second-order valence-corrected chi connectivity index (χ2v) is 8.17. The molecule has 1 aliphatic rings. The summed E-state index contributed by atoms with van der Waals surface area (Å²) in [7, 11) is -3.98. The lowest BCUT2D eigenvalue weighted by Crippen LogP contribution is -2.42. The van der Waals surface area contributed by atoms with Crippen molar-refractivity contribution in [3.63, 3.8) is 0 Å². The molecule has 1 fully saturated rings. The van der Waals surface area contributed by atoms with Gasteiger partial charge in [0.1, 0.15) is 0 Å². The van der Waals surface area contributed by atoms with Crippen molar-refractivity contribution in [2.75, 3.05) is 6.61 Å². The predicted molar refractivity (Wildman–Crippen MR) is 92.7 cm³/mol. The zero-order valence-corrected chi connectivity index (χ0v) is 15.4. The number of sulfonamides is 1. The Balaban J connectivity index is 1.97. The SMILES string of the molecule is C[C@H]1CCCC[C@@H]1NC(=O)COC(=O)c1cc(S(N)(=O)=O)ccc1Cl. The topological polar surface area (TPSA) is 116 Å². The fourth-order valence-corrected chi connectivity index (χ4v) is 3.56. The average molecular weight is 389 g/mol. The van der Waals surface area contributed by atoms with E-state index in [1.54, 1.807) is 0 Å². The first-order valence-corrected chi connectivity index (χ1v) is 9.89. The third-order valence-electron chi connectivity index (χ3n) is 4.28. The summed E-state index contributed by atoms with van der Waals surface area (Å²) in [5, 5.41) is 7.90. The monoisotopic (exact) mass is 388 g/mol. The van der Waals surface area contributed by atoms with Gasteiger partial charge < -0.3 is 10.1 Å². The lowest BCUT2D eigenvalue weighted by Gasteiger charge is -2.29. The van der Waals surface area contributed by atoms with E-state index in [9.17, 15) is 18.0 Å². The maximum atomic E-state index is 12.1. The van der Waals surface area contributed by atoms with Gasteiger partial charge in [-0.05, 0) is 37.0 Å². The molecule has 0 bridgehead atoms. The first-order valence-electron chi connectivity index (χ1n) is 7.97. The van der Waals surface area contributed by atoms with Crippen LogP contribution < -0.4 is 10.5 Å². The zero-order chi connectivity index (χ0) is 18.6. The van der Waals surface area contributed by atoms with E-state index >= 15 is 0 Å². The normalized spacial score (nSPS) is 20.8. The number of esters is 1. The van der Waals surface area contributed by atoms with E-state index in [4.69, 9.17) is 21.5 Å². The summed E-state index contributed by atoms with van der Waals surface area (Å²) >= 11 is 5.89. The first kappa shape index (κ1) is 19.7. The number of benzene rings is 1. The van der Waals surface area contributed by atoms with Crippen LogP contribution >= 0.6 is 11.6 Å². The first-order chi connectivity index (χ1) is 11.7. The van der Waals surface area contributed by atoms with Gasteiger partial charge in [0.15, 0.2) is 6.61 Å². The summed E-state index contributed by atoms with van der Waals surface area (Å²) in [4.78, 5) is 23.8. The van der Waals surface area contributed by atoms with Gasteiger partial charge in [0.05, 0.1) is 15.5 Å². The van der Waals surface area contributed by atoms with Crippen molar-refractivity contribution < 1.29 is 22.7 Å². The average Bonchev–Trinajstić information content (AvgIpc) is 2.54. The highest BCUT2D eigenvalue weighted by atomic mass is 35.5. The van der Waals surface area contributed by atoms with Gasteiger partial charge in [-0.3, -0.25) is 4.79 Å². The van der Waals surface area contributed by atoms with Crippen LogP contribution in [0.5, 0.6) is 0 Å². The van der Waals surface area contributed by atoms with Crippen molar-refractivity contribution in [2.24, 2.45) is 11.1 Å². The number of rotatable bonds is 5. The molecule has 0 unspecified atom stereocenters. The lowest BCUT2D eigenvalue weighted by atomic mass is 9.86. The molecule has 1 aromatic carbocycles. The maximum absolute atomic E-state index is 12.1. The summed E-state index contributed by atoms with van der Waals surface area (Å²) in [6.45, 7) is 1.62. The highest BCUT2D eigenvalue weighted by Gasteiger charge is 2.23. The van der Waals surface area contributed by atoms with E-state index < -0.39 is 28.5 Å². The maximum Gasteiger partial charge on any atom is 0.340 e. The second kappa shape index (κ2) is 8.16. The number of hydrogen-bond acceptors (Lipinski definition) is 5. The van der Waals surface area contributed by atoms with Crippen LogP contribution in [0.25, 0.3) is 0 Å². The largest absolute Gasteiger partial charge is 0.452 e. The summed E-state index contributed by atoms with van der Waals surface area (Å²) in [5.41, 5.74) is -0.160. The molecule has 0 spiro atoms. The smallest absolute Gasteiger partial charge is 0.340 e. The van der Waals surface area contributed by atoms with Crippen molar-refractivity contribution in [2.45, 2.75) is 43.5 Å². The number of nitrogens with one attached hydrogen (secondary N) is 1. The summed E-state index contributed by atoms with van der Waals surface area (Å²) in [5.74, 6) is -0.901. The van der Waals surface area contributed by atoms with Crippen LogP contribution in [0.3, 0.4) is 0 Å². The number of nitrogens with two attached hydrogens (primary N) is 1. The summed E-state index contributed by atoms with van der Waals surface area (Å²) in [6.07, 6.45) is 4.18. The third kappa shape index (κ3) is 5.42. The highest BCUT2D eigenvalue weighted by molar-refractivity contribution is 7.89. The fourth-order valence-electron chi connectivity index (χ4n) is 2.83. The van der Waals surface area contributed by atoms with Crippen LogP contribution in [0, 0.1) is 5.92 Å². The molecule has 2 rings (SSSR count). The quantitative estimate of drug-likeness (QED) is 0.746. The predicted octanol–water partition coefficient (Wildman–Crippen LogP) is 1.84. The standard InChI is InChI=1S/C16H21ClN2O5S/c1-10-4-2-3-5-14(10)19-15(20)9-24-16(21)12-8-11(25(18,22)23)6-7-13(12)17/h6-8,10,14H,2-5,9H2,1H3,(H,19,20)(H2,18,22,23)/t10-,14-/m0/s1. The van der Waals surface area contributed by atoms with E-state index in [-0.39, 0.29) is 21.5 Å². The Kier molecular flexibility index (Phi) is 6.42. The molecule has 1 aromatic rings. The Labute approximate surface area is 151 Å². The number of primary sulfonamides is 1. The molecule has 9 heteroatoms. The van der Waals surface area contributed by atoms with Crippen LogP contribution in [-0.2, 0) is 19.6 Å². The van der Waals surface area contributed by atoms with Gasteiger partial charge in [0.2, 0.25) is 10.0 Å². The molecule has 0 aromatic heterocycles. The van der Waals surface area contributed by atoms with Gasteiger partial charge in [-0.2, -0.15) is 0 Å². The van der Waals surface area contributed by atoms with Crippen molar-refractivity contribution in [1.82, 2.24) is 5.32 Å². The molecule has 25 heavy (non-hydrogen) atoms. The summed E-state index contributed by atoms with van der Waals surface area (Å²) < 4.78 is 27.7. The van der Waals surface area contributed by atoms with E-state index in [2.05, 4.69) is 12.2 Å². The Hall–Kier alpha value is -1.64. The molecule has 0 radical (unpaired) electrons. The number of amides is 1. The van der Waals surface area contributed by atoms with Crippen molar-refractivity contribution >= 4 is 33.5 Å². The van der Waals surface area contributed by atoms with Crippen LogP contribution in [0.15, 0.2) is 23.1 Å². The van der Waals surface area contributed by atoms with Gasteiger partial charge >= 0.3 is 5.97 Å². The number of hydrogen-bond donors (Lipinski definition) is 2. The van der Waals surface area contributed by atoms with Crippen molar-refractivity contribution in [1.29, 1.82) is 0 Å². The van der Waals surface area contributed by atoms with Crippen LogP contribution in [0.4, 0.5) is 0 Å². The molecule has 0 heterocycles. The molecular weight excluding hydrogens is 368 g/mol. The van der Waals surface area contributed by atoms with E-state index in [0.717, 1.165) is 31.7 Å². The summed E-state index contributed by atoms with van der Waals surface area (Å²) in [6, 6.07) is 3.53. The van der Waals surface area contributed by atoms with Gasteiger partial charge in [0, 0.05) is 6.04 Å². The molecule has 138 valence electrons. The van der Waals surface area contributed by atoms with Gasteiger partial charge in [-0.25, -0.2) is 18.4 Å². The van der Waals surface area contributed by atoms with Gasteiger partial charge in [0.25, 0.3) is 5.91 Å². The molecule has 2 atom stereocenters. The molecular formula is C16H21ClN2O5S. The Morgan fingerprint density at radius 2 is 2.00 bits per heavy atom. The Morgan fingerprint density at radius 1 is 1.32 bits per heavy atom. The van der Waals surface area contributed by atoms with E-state index in [0.29, 0.717) is 5.92 Å². The number of ether oxygens (including phenoxy) is 1. The highest BCUT2D eigenvalue weighted by Crippen LogP contribution is 2.24.